The molecule has 6 heteroatoms. The molecule has 0 spiro atoms. The van der Waals surface area contributed by atoms with Crippen molar-refractivity contribution in [1.82, 2.24) is 9.88 Å². The van der Waals surface area contributed by atoms with Crippen molar-refractivity contribution in [2.75, 3.05) is 31.1 Å². The van der Waals surface area contributed by atoms with Gasteiger partial charge in [-0.25, -0.2) is 4.98 Å². The Kier molecular flexibility index (Phi) is 6.99. The van der Waals surface area contributed by atoms with E-state index in [9.17, 15) is 10.1 Å². The van der Waals surface area contributed by atoms with Crippen molar-refractivity contribution in [3.63, 3.8) is 0 Å². The van der Waals surface area contributed by atoms with Crippen LogP contribution in [0, 0.1) is 11.3 Å². The lowest BCUT2D eigenvalue weighted by Crippen LogP contribution is -2.49. The van der Waals surface area contributed by atoms with Crippen molar-refractivity contribution in [1.29, 1.82) is 5.26 Å². The number of carbonyl (C=O) groups excluding carboxylic acids is 1. The van der Waals surface area contributed by atoms with E-state index in [1.807, 2.05) is 23.1 Å². The van der Waals surface area contributed by atoms with Gasteiger partial charge in [-0.2, -0.15) is 5.26 Å². The Labute approximate surface area is 197 Å². The molecular formula is C27H34N4O2. The fourth-order valence-electron chi connectivity index (χ4n) is 4.76. The van der Waals surface area contributed by atoms with Crippen LogP contribution >= 0.6 is 0 Å². The predicted octanol–water partition coefficient (Wildman–Crippen LogP) is 4.23. The number of hydrogen-bond donors (Lipinski definition) is 0. The zero-order valence-electron chi connectivity index (χ0n) is 20.1. The maximum absolute atomic E-state index is 12.5. The van der Waals surface area contributed by atoms with Crippen LogP contribution in [-0.4, -0.2) is 47.6 Å². The number of ether oxygens (including phenoxy) is 1. The summed E-state index contributed by atoms with van der Waals surface area (Å²) >= 11 is 0. The van der Waals surface area contributed by atoms with E-state index in [4.69, 9.17) is 9.72 Å². The lowest BCUT2D eigenvalue weighted by atomic mass is 9.87. The average molecular weight is 447 g/mol. The second-order valence-electron chi connectivity index (χ2n) is 9.68. The van der Waals surface area contributed by atoms with Crippen LogP contribution < -0.4 is 4.90 Å². The summed E-state index contributed by atoms with van der Waals surface area (Å²) in [5, 5.41) is 10.2. The zero-order chi connectivity index (χ0) is 23.4. The first-order chi connectivity index (χ1) is 15.9. The van der Waals surface area contributed by atoms with Gasteiger partial charge in [-0.1, -0.05) is 43.7 Å². The van der Waals surface area contributed by atoms with Gasteiger partial charge in [0.25, 0.3) is 0 Å². The van der Waals surface area contributed by atoms with Gasteiger partial charge < -0.3 is 14.5 Å². The molecule has 0 radical (unpaired) electrons. The van der Waals surface area contributed by atoms with E-state index in [1.165, 1.54) is 5.56 Å². The molecule has 1 amide bonds. The van der Waals surface area contributed by atoms with E-state index in [2.05, 4.69) is 43.9 Å². The Bertz CT molecular complexity index is 1030. The number of aromatic nitrogens is 1. The number of nitriles is 1. The highest BCUT2D eigenvalue weighted by atomic mass is 16.5. The Morgan fingerprint density at radius 1 is 1.15 bits per heavy atom. The molecule has 174 valence electrons. The molecular weight excluding hydrogens is 412 g/mol. The van der Waals surface area contributed by atoms with Gasteiger partial charge in [0.2, 0.25) is 5.91 Å². The summed E-state index contributed by atoms with van der Waals surface area (Å²) in [6, 6.07) is 12.8. The molecule has 0 saturated carbocycles. The second kappa shape index (κ2) is 9.93. The van der Waals surface area contributed by atoms with Gasteiger partial charge in [0.05, 0.1) is 23.5 Å². The van der Waals surface area contributed by atoms with E-state index >= 15 is 0 Å². The number of piperazine rings is 1. The topological polar surface area (TPSA) is 69.5 Å². The molecule has 1 aromatic carbocycles. The third kappa shape index (κ3) is 5.20. The molecule has 0 atom stereocenters. The molecule has 0 N–H and O–H groups in total. The molecule has 0 unspecified atom stereocenters. The number of benzene rings is 1. The Balaban J connectivity index is 1.66. The van der Waals surface area contributed by atoms with E-state index in [0.717, 1.165) is 35.5 Å². The van der Waals surface area contributed by atoms with Gasteiger partial charge in [0.15, 0.2) is 0 Å². The predicted molar refractivity (Wildman–Crippen MR) is 129 cm³/mol. The van der Waals surface area contributed by atoms with E-state index in [0.29, 0.717) is 57.6 Å². The highest BCUT2D eigenvalue weighted by molar-refractivity contribution is 5.76. The Morgan fingerprint density at radius 3 is 2.55 bits per heavy atom. The normalized spacial score (nSPS) is 17.4. The molecule has 4 rings (SSSR count). The lowest BCUT2D eigenvalue weighted by Gasteiger charge is -2.38. The Hall–Kier alpha value is -2.91. The molecule has 2 aromatic rings. The standard InChI is InChI=1S/C27H34N4O2/c1-4-5-11-25(32)30-12-14-31(15-13-30)26-22(18-28)21-17-27(2,3)33-19-23(21)24(29-26)16-20-9-7-6-8-10-20/h6-10H,4-5,11-17,19H2,1-3H3. The molecule has 33 heavy (non-hydrogen) atoms. The fraction of sp³-hybridized carbons (Fsp3) is 0.519. The number of hydrogen-bond acceptors (Lipinski definition) is 5. The number of pyridine rings is 1. The number of anilines is 1. The molecule has 1 saturated heterocycles. The van der Waals surface area contributed by atoms with Crippen molar-refractivity contribution in [3.05, 3.63) is 58.3 Å². The largest absolute Gasteiger partial charge is 0.370 e. The van der Waals surface area contributed by atoms with E-state index in [-0.39, 0.29) is 11.5 Å². The van der Waals surface area contributed by atoms with Gasteiger partial charge >= 0.3 is 0 Å². The smallest absolute Gasteiger partial charge is 0.222 e. The first kappa shape index (κ1) is 23.3. The van der Waals surface area contributed by atoms with Crippen molar-refractivity contribution >= 4 is 11.7 Å². The average Bonchev–Trinajstić information content (AvgIpc) is 2.82. The number of rotatable bonds is 6. The molecule has 3 heterocycles. The van der Waals surface area contributed by atoms with Crippen LogP contribution in [0.15, 0.2) is 30.3 Å². The van der Waals surface area contributed by atoms with E-state index in [1.54, 1.807) is 0 Å². The van der Waals surface area contributed by atoms with Crippen LogP contribution in [0.3, 0.4) is 0 Å². The highest BCUT2D eigenvalue weighted by Crippen LogP contribution is 2.36. The first-order valence-corrected chi connectivity index (χ1v) is 12.1. The van der Waals surface area contributed by atoms with Crippen LogP contribution in [0.2, 0.25) is 0 Å². The number of amides is 1. The second-order valence-corrected chi connectivity index (χ2v) is 9.68. The van der Waals surface area contributed by atoms with Crippen molar-refractivity contribution in [3.8, 4) is 6.07 Å². The maximum atomic E-state index is 12.5. The maximum Gasteiger partial charge on any atom is 0.222 e. The van der Waals surface area contributed by atoms with Crippen LogP contribution in [0.5, 0.6) is 0 Å². The SMILES string of the molecule is CCCCC(=O)N1CCN(c2nc(Cc3ccccc3)c3c(c2C#N)CC(C)(C)OC3)CC1. The molecule has 2 aliphatic heterocycles. The number of carbonyl (C=O) groups is 1. The van der Waals surface area contributed by atoms with Crippen LogP contribution in [0.25, 0.3) is 0 Å². The van der Waals surface area contributed by atoms with Crippen LogP contribution in [0.1, 0.15) is 68.0 Å². The van der Waals surface area contributed by atoms with Gasteiger partial charge in [-0.05, 0) is 31.4 Å². The van der Waals surface area contributed by atoms with Gasteiger partial charge in [0, 0.05) is 51.0 Å². The zero-order valence-corrected chi connectivity index (χ0v) is 20.1. The molecule has 1 aromatic heterocycles. The molecule has 6 nitrogen and oxygen atoms in total. The summed E-state index contributed by atoms with van der Waals surface area (Å²) in [5.74, 6) is 1.000. The van der Waals surface area contributed by atoms with Gasteiger partial charge in [-0.15, -0.1) is 0 Å². The van der Waals surface area contributed by atoms with Gasteiger partial charge in [-0.3, -0.25) is 4.79 Å². The van der Waals surface area contributed by atoms with Crippen LogP contribution in [0.4, 0.5) is 5.82 Å². The van der Waals surface area contributed by atoms with E-state index < -0.39 is 0 Å². The highest BCUT2D eigenvalue weighted by Gasteiger charge is 2.33. The van der Waals surface area contributed by atoms with Crippen molar-refractivity contribution < 1.29 is 9.53 Å². The minimum atomic E-state index is -0.314. The van der Waals surface area contributed by atoms with Crippen molar-refractivity contribution in [2.24, 2.45) is 0 Å². The quantitative estimate of drug-likeness (QED) is 0.664. The third-order valence-corrected chi connectivity index (χ3v) is 6.69. The summed E-state index contributed by atoms with van der Waals surface area (Å²) in [4.78, 5) is 21.7. The van der Waals surface area contributed by atoms with Crippen molar-refractivity contribution in [2.45, 2.75) is 65.1 Å². The summed E-state index contributed by atoms with van der Waals surface area (Å²) in [6.07, 6.45) is 3.98. The number of fused-ring (bicyclic) bond motifs is 1. The molecule has 2 aliphatic rings. The summed E-state index contributed by atoms with van der Waals surface area (Å²) < 4.78 is 6.12. The minimum absolute atomic E-state index is 0.235. The third-order valence-electron chi connectivity index (χ3n) is 6.69. The first-order valence-electron chi connectivity index (χ1n) is 12.1. The number of nitrogens with zero attached hydrogens (tertiary/aromatic N) is 4. The molecule has 1 fully saturated rings. The fourth-order valence-corrected chi connectivity index (χ4v) is 4.76. The summed E-state index contributed by atoms with van der Waals surface area (Å²) in [7, 11) is 0. The molecule has 0 aliphatic carbocycles. The van der Waals surface area contributed by atoms with Crippen LogP contribution in [-0.2, 0) is 29.0 Å². The number of unbranched alkanes of at least 4 members (excludes halogenated alkanes) is 1. The summed E-state index contributed by atoms with van der Waals surface area (Å²) in [6.45, 7) is 9.49. The van der Waals surface area contributed by atoms with Gasteiger partial charge in [0.1, 0.15) is 11.9 Å². The molecule has 0 bridgehead atoms. The Morgan fingerprint density at radius 2 is 1.88 bits per heavy atom. The lowest BCUT2D eigenvalue weighted by molar-refractivity contribution is -0.131. The minimum Gasteiger partial charge on any atom is -0.370 e. The summed E-state index contributed by atoms with van der Waals surface area (Å²) in [5.41, 5.74) is 4.68. The monoisotopic (exact) mass is 446 g/mol.